The third-order valence-corrected chi connectivity index (χ3v) is 1.35. The second-order valence-electron chi connectivity index (χ2n) is 2.10. The number of hydrogen-bond acceptors (Lipinski definition) is 5. The summed E-state index contributed by atoms with van der Waals surface area (Å²) in [6, 6.07) is 0. The molecule has 1 fully saturated rings. The van der Waals surface area contributed by atoms with Crippen LogP contribution in [-0.4, -0.2) is 26.8 Å². The molecule has 1 heterocycles. The predicted molar refractivity (Wildman–Crippen MR) is 34.1 cm³/mol. The van der Waals surface area contributed by atoms with Gasteiger partial charge in [-0.3, -0.25) is 0 Å². The van der Waals surface area contributed by atoms with Crippen LogP contribution in [0.4, 0.5) is 0 Å². The van der Waals surface area contributed by atoms with E-state index in [1.165, 1.54) is 14.2 Å². The van der Waals surface area contributed by atoms with Gasteiger partial charge in [-0.1, -0.05) is 0 Å². The Balaban J connectivity index is 2.12. The van der Waals surface area contributed by atoms with Crippen molar-refractivity contribution in [1.29, 1.82) is 0 Å². The van der Waals surface area contributed by atoms with E-state index in [1.807, 2.05) is 0 Å². The normalized spacial score (nSPS) is 31.1. The minimum Gasteiger partial charge on any atom is -0.318 e. The van der Waals surface area contributed by atoms with Crippen molar-refractivity contribution >= 4 is 0 Å². The molecule has 1 saturated heterocycles. The van der Waals surface area contributed by atoms with Crippen LogP contribution in [0.15, 0.2) is 0 Å². The third kappa shape index (κ3) is 2.72. The molecule has 11 heavy (non-hydrogen) atoms. The summed E-state index contributed by atoms with van der Waals surface area (Å²) in [5, 5.41) is 0. The van der Waals surface area contributed by atoms with Gasteiger partial charge in [-0.2, -0.15) is 0 Å². The van der Waals surface area contributed by atoms with E-state index in [4.69, 9.17) is 14.5 Å². The largest absolute Gasteiger partial charge is 0.318 e. The van der Waals surface area contributed by atoms with E-state index in [2.05, 4.69) is 9.78 Å². The monoisotopic (exact) mass is 164 g/mol. The van der Waals surface area contributed by atoms with Gasteiger partial charge in [0.15, 0.2) is 12.6 Å². The summed E-state index contributed by atoms with van der Waals surface area (Å²) < 4.78 is 5.15. The molecule has 0 radical (unpaired) electrons. The maximum atomic E-state index is 5.15. The van der Waals surface area contributed by atoms with Gasteiger partial charge in [0, 0.05) is 12.8 Å². The first-order valence-corrected chi connectivity index (χ1v) is 3.41. The smallest absolute Gasteiger partial charge is 0.194 e. The minimum absolute atomic E-state index is 0.333. The van der Waals surface area contributed by atoms with Crippen molar-refractivity contribution in [2.45, 2.75) is 25.4 Å². The zero-order valence-electron chi connectivity index (χ0n) is 6.61. The molecule has 0 N–H and O–H groups in total. The summed E-state index contributed by atoms with van der Waals surface area (Å²) in [5.41, 5.74) is 0. The van der Waals surface area contributed by atoms with E-state index in [1.54, 1.807) is 0 Å². The van der Waals surface area contributed by atoms with Gasteiger partial charge in [0.25, 0.3) is 0 Å². The SMILES string of the molecule is COOC1CCC(OOC)O1. The average Bonchev–Trinajstić information content (AvgIpc) is 2.38. The van der Waals surface area contributed by atoms with Crippen LogP contribution < -0.4 is 0 Å². The zero-order chi connectivity index (χ0) is 8.10. The van der Waals surface area contributed by atoms with Gasteiger partial charge < -0.3 is 4.74 Å². The summed E-state index contributed by atoms with van der Waals surface area (Å²) in [4.78, 5) is 18.3. The predicted octanol–water partition coefficient (Wildman–Crippen LogP) is 0.605. The van der Waals surface area contributed by atoms with Gasteiger partial charge in [-0.05, 0) is 0 Å². The summed E-state index contributed by atoms with van der Waals surface area (Å²) in [5.74, 6) is 0. The molecule has 0 spiro atoms. The molecule has 0 aromatic rings. The van der Waals surface area contributed by atoms with Crippen LogP contribution in [0.5, 0.6) is 0 Å². The Morgan fingerprint density at radius 2 is 1.45 bits per heavy atom. The molecule has 66 valence electrons. The molecule has 2 atom stereocenters. The van der Waals surface area contributed by atoms with Gasteiger partial charge in [0.2, 0.25) is 0 Å². The number of ether oxygens (including phenoxy) is 1. The van der Waals surface area contributed by atoms with E-state index in [9.17, 15) is 0 Å². The van der Waals surface area contributed by atoms with Crippen LogP contribution in [0.2, 0.25) is 0 Å². The molecule has 5 nitrogen and oxygen atoms in total. The summed E-state index contributed by atoms with van der Waals surface area (Å²) >= 11 is 0. The van der Waals surface area contributed by atoms with E-state index >= 15 is 0 Å². The lowest BCUT2D eigenvalue weighted by Crippen LogP contribution is -2.15. The topological polar surface area (TPSA) is 46.2 Å². The Morgan fingerprint density at radius 1 is 1.00 bits per heavy atom. The van der Waals surface area contributed by atoms with Crippen molar-refractivity contribution in [2.24, 2.45) is 0 Å². The molecule has 0 saturated carbocycles. The molecule has 0 bridgehead atoms. The van der Waals surface area contributed by atoms with Gasteiger partial charge in [-0.15, -0.1) is 0 Å². The minimum atomic E-state index is -0.333. The van der Waals surface area contributed by atoms with Crippen molar-refractivity contribution in [3.63, 3.8) is 0 Å². The van der Waals surface area contributed by atoms with Crippen molar-refractivity contribution in [3.8, 4) is 0 Å². The second kappa shape index (κ2) is 4.63. The summed E-state index contributed by atoms with van der Waals surface area (Å²) in [7, 11) is 2.88. The maximum absolute atomic E-state index is 5.15. The van der Waals surface area contributed by atoms with Crippen LogP contribution in [0.25, 0.3) is 0 Å². The molecule has 2 unspecified atom stereocenters. The molecular weight excluding hydrogens is 152 g/mol. The molecule has 1 aliphatic rings. The van der Waals surface area contributed by atoms with E-state index in [0.717, 1.165) is 12.8 Å². The lowest BCUT2D eigenvalue weighted by atomic mass is 10.3. The molecule has 5 heteroatoms. The number of rotatable bonds is 4. The fourth-order valence-electron chi connectivity index (χ4n) is 0.934. The van der Waals surface area contributed by atoms with E-state index in [-0.39, 0.29) is 12.6 Å². The zero-order valence-corrected chi connectivity index (χ0v) is 6.61. The van der Waals surface area contributed by atoms with Gasteiger partial charge in [0.1, 0.15) is 0 Å². The summed E-state index contributed by atoms with van der Waals surface area (Å²) in [6.07, 6.45) is 0.837. The van der Waals surface area contributed by atoms with Gasteiger partial charge >= 0.3 is 0 Å². The highest BCUT2D eigenvalue weighted by Gasteiger charge is 2.27. The molecule has 1 aliphatic heterocycles. The Morgan fingerprint density at radius 3 is 1.82 bits per heavy atom. The van der Waals surface area contributed by atoms with Gasteiger partial charge in [0.05, 0.1) is 14.2 Å². The number of hydrogen-bond donors (Lipinski definition) is 0. The Bertz CT molecular complexity index is 95.1. The molecule has 0 aromatic heterocycles. The van der Waals surface area contributed by atoms with E-state index < -0.39 is 0 Å². The van der Waals surface area contributed by atoms with Crippen molar-refractivity contribution in [3.05, 3.63) is 0 Å². The fourth-order valence-corrected chi connectivity index (χ4v) is 0.934. The maximum Gasteiger partial charge on any atom is 0.194 e. The van der Waals surface area contributed by atoms with Crippen LogP contribution in [0, 0.1) is 0 Å². The highest BCUT2D eigenvalue weighted by atomic mass is 17.2. The van der Waals surface area contributed by atoms with Crippen molar-refractivity contribution < 1.29 is 24.3 Å². The van der Waals surface area contributed by atoms with Crippen molar-refractivity contribution in [1.82, 2.24) is 0 Å². The molecule has 0 aliphatic carbocycles. The van der Waals surface area contributed by atoms with E-state index in [0.29, 0.717) is 0 Å². The van der Waals surface area contributed by atoms with Gasteiger partial charge in [-0.25, -0.2) is 19.6 Å². The Hall–Kier alpha value is -0.200. The lowest BCUT2D eigenvalue weighted by molar-refractivity contribution is -0.409. The Labute approximate surface area is 65.0 Å². The highest BCUT2D eigenvalue weighted by Crippen LogP contribution is 2.21. The lowest BCUT2D eigenvalue weighted by Gasteiger charge is -2.10. The third-order valence-electron chi connectivity index (χ3n) is 1.35. The second-order valence-corrected chi connectivity index (χ2v) is 2.10. The molecule has 0 amide bonds. The first-order valence-electron chi connectivity index (χ1n) is 3.41. The first-order chi connectivity index (χ1) is 5.36. The van der Waals surface area contributed by atoms with Crippen LogP contribution in [0.3, 0.4) is 0 Å². The average molecular weight is 164 g/mol. The standard InChI is InChI=1S/C6H12O5/c1-7-10-5-3-4-6(9-5)11-8-2/h5-6H,3-4H2,1-2H3. The molecule has 1 rings (SSSR count). The summed E-state index contributed by atoms with van der Waals surface area (Å²) in [6.45, 7) is 0. The fraction of sp³-hybridized carbons (Fsp3) is 1.00. The van der Waals surface area contributed by atoms with Crippen LogP contribution in [-0.2, 0) is 24.3 Å². The van der Waals surface area contributed by atoms with Crippen LogP contribution in [0.1, 0.15) is 12.8 Å². The van der Waals surface area contributed by atoms with Crippen molar-refractivity contribution in [2.75, 3.05) is 14.2 Å². The molecule has 0 aromatic carbocycles. The highest BCUT2D eigenvalue weighted by molar-refractivity contribution is 4.57. The molecular formula is C6H12O5. The van der Waals surface area contributed by atoms with Crippen LogP contribution >= 0.6 is 0 Å². The Kier molecular flexibility index (Phi) is 3.74. The quantitative estimate of drug-likeness (QED) is 0.450. The first kappa shape index (κ1) is 8.89.